The lowest BCUT2D eigenvalue weighted by molar-refractivity contribution is -0.160. The molecule has 1 saturated heterocycles. The normalized spacial score (nSPS) is 17.8. The maximum Gasteiger partial charge on any atom is 0.416 e. The Morgan fingerprint density at radius 3 is 2.50 bits per heavy atom. The number of carbonyl (C=O) groups excluding carboxylic acids is 1. The topological polar surface area (TPSA) is 103 Å². The number of hydrogen-bond acceptors (Lipinski definition) is 6. The standard InChI is InChI=1S/C28H25F3N4O3/c29-28(30,31)20-8-4-7-19(13-20)26-25(18-9-11-33-23(32)14-18)34-27(17-5-2-1-3-6-17)35(26)12-10-22-15-21(36)16-24(37)38-22/h1-9,11,13-14,21-22,36H,10,12,15-16H2,(H2,32,33)/t21-,22-/m1/s1. The second kappa shape index (κ2) is 10.3. The Labute approximate surface area is 216 Å². The number of alkyl halides is 3. The number of cyclic esters (lactones) is 1. The number of nitrogens with zero attached hydrogens (tertiary/aromatic N) is 3. The molecule has 1 aliphatic rings. The van der Waals surface area contributed by atoms with Crippen LogP contribution < -0.4 is 5.73 Å². The summed E-state index contributed by atoms with van der Waals surface area (Å²) < 4.78 is 48.3. The second-order valence-corrected chi connectivity index (χ2v) is 9.19. The highest BCUT2D eigenvalue weighted by Crippen LogP contribution is 2.39. The van der Waals surface area contributed by atoms with E-state index in [1.165, 1.54) is 12.3 Å². The van der Waals surface area contributed by atoms with Gasteiger partial charge < -0.3 is 20.1 Å². The van der Waals surface area contributed by atoms with Crippen molar-refractivity contribution in [2.24, 2.45) is 0 Å². The van der Waals surface area contributed by atoms with Gasteiger partial charge in [0, 0.05) is 42.3 Å². The van der Waals surface area contributed by atoms with Crippen LogP contribution in [-0.4, -0.2) is 37.8 Å². The van der Waals surface area contributed by atoms with Crippen molar-refractivity contribution in [1.82, 2.24) is 14.5 Å². The number of nitrogen functional groups attached to an aromatic ring is 1. The van der Waals surface area contributed by atoms with Gasteiger partial charge in [0.2, 0.25) is 0 Å². The van der Waals surface area contributed by atoms with Crippen molar-refractivity contribution in [2.45, 2.75) is 44.2 Å². The number of pyridine rings is 1. The highest BCUT2D eigenvalue weighted by atomic mass is 19.4. The molecule has 0 spiro atoms. The molecule has 0 aliphatic carbocycles. The molecule has 0 saturated carbocycles. The van der Waals surface area contributed by atoms with E-state index in [-0.39, 0.29) is 25.2 Å². The average molecular weight is 523 g/mol. The van der Waals surface area contributed by atoms with Crippen LogP contribution in [0, 0.1) is 0 Å². The highest BCUT2D eigenvalue weighted by molar-refractivity contribution is 5.83. The lowest BCUT2D eigenvalue weighted by Gasteiger charge is -2.26. The molecular formula is C28H25F3N4O3. The van der Waals surface area contributed by atoms with Crippen molar-refractivity contribution in [2.75, 3.05) is 5.73 Å². The van der Waals surface area contributed by atoms with Crippen molar-refractivity contribution in [3.8, 4) is 33.9 Å². The number of carbonyl (C=O) groups is 1. The summed E-state index contributed by atoms with van der Waals surface area (Å²) >= 11 is 0. The molecule has 2 aromatic heterocycles. The van der Waals surface area contributed by atoms with Crippen LogP contribution in [-0.2, 0) is 22.3 Å². The molecular weight excluding hydrogens is 497 g/mol. The first-order valence-electron chi connectivity index (χ1n) is 12.1. The first kappa shape index (κ1) is 25.5. The quantitative estimate of drug-likeness (QED) is 0.332. The van der Waals surface area contributed by atoms with Crippen LogP contribution in [0.1, 0.15) is 24.8 Å². The van der Waals surface area contributed by atoms with E-state index in [1.54, 1.807) is 18.2 Å². The molecule has 3 heterocycles. The number of nitrogens with two attached hydrogens (primary N) is 1. The Morgan fingerprint density at radius 2 is 1.79 bits per heavy atom. The summed E-state index contributed by atoms with van der Waals surface area (Å²) in [5.74, 6) is 0.302. The number of anilines is 1. The van der Waals surface area contributed by atoms with Crippen LogP contribution in [0.15, 0.2) is 72.9 Å². The first-order valence-corrected chi connectivity index (χ1v) is 12.1. The van der Waals surface area contributed by atoms with Crippen LogP contribution in [0.2, 0.25) is 0 Å². The number of imidazole rings is 1. The van der Waals surface area contributed by atoms with Gasteiger partial charge in [0.25, 0.3) is 0 Å². The molecule has 2 atom stereocenters. The fourth-order valence-corrected chi connectivity index (χ4v) is 4.72. The van der Waals surface area contributed by atoms with Gasteiger partial charge in [-0.25, -0.2) is 9.97 Å². The highest BCUT2D eigenvalue weighted by Gasteiger charge is 2.32. The minimum Gasteiger partial charge on any atom is -0.462 e. The summed E-state index contributed by atoms with van der Waals surface area (Å²) in [7, 11) is 0. The average Bonchev–Trinajstić information content (AvgIpc) is 3.27. The molecule has 0 radical (unpaired) electrons. The summed E-state index contributed by atoms with van der Waals surface area (Å²) in [6, 6.07) is 17.7. The maximum absolute atomic E-state index is 13.7. The monoisotopic (exact) mass is 522 g/mol. The number of rotatable bonds is 6. The Bertz CT molecular complexity index is 1450. The predicted octanol–water partition coefficient (Wildman–Crippen LogP) is 5.34. The summed E-state index contributed by atoms with van der Waals surface area (Å²) in [6.07, 6.45) is -3.78. The summed E-state index contributed by atoms with van der Waals surface area (Å²) in [4.78, 5) is 20.8. The lowest BCUT2D eigenvalue weighted by Crippen LogP contribution is -2.33. The largest absolute Gasteiger partial charge is 0.462 e. The van der Waals surface area contributed by atoms with Crippen LogP contribution in [0.3, 0.4) is 0 Å². The number of aliphatic hydroxyl groups is 1. The molecule has 1 fully saturated rings. The fraction of sp³-hybridized carbons (Fsp3) is 0.250. The van der Waals surface area contributed by atoms with Crippen molar-refractivity contribution in [3.63, 3.8) is 0 Å². The second-order valence-electron chi connectivity index (χ2n) is 9.19. The third kappa shape index (κ3) is 5.40. The molecule has 0 bridgehead atoms. The fourth-order valence-electron chi connectivity index (χ4n) is 4.72. The zero-order chi connectivity index (χ0) is 26.9. The van der Waals surface area contributed by atoms with Gasteiger partial charge in [-0.05, 0) is 24.3 Å². The molecule has 10 heteroatoms. The van der Waals surface area contributed by atoms with E-state index >= 15 is 0 Å². The number of aromatic nitrogens is 3. The van der Waals surface area contributed by atoms with Crippen LogP contribution >= 0.6 is 0 Å². The first-order chi connectivity index (χ1) is 18.2. The van der Waals surface area contributed by atoms with E-state index in [1.807, 2.05) is 34.9 Å². The Balaban J connectivity index is 1.69. The molecule has 3 N–H and O–H groups in total. The third-order valence-corrected chi connectivity index (χ3v) is 6.43. The van der Waals surface area contributed by atoms with E-state index < -0.39 is 29.9 Å². The van der Waals surface area contributed by atoms with E-state index in [2.05, 4.69) is 4.98 Å². The third-order valence-electron chi connectivity index (χ3n) is 6.43. The molecule has 0 unspecified atom stereocenters. The van der Waals surface area contributed by atoms with Crippen molar-refractivity contribution in [1.29, 1.82) is 0 Å². The lowest BCUT2D eigenvalue weighted by atomic mass is 10.0. The zero-order valence-electron chi connectivity index (χ0n) is 20.2. The van der Waals surface area contributed by atoms with Crippen molar-refractivity contribution >= 4 is 11.8 Å². The van der Waals surface area contributed by atoms with Gasteiger partial charge in [0.1, 0.15) is 17.7 Å². The van der Waals surface area contributed by atoms with E-state index in [0.717, 1.165) is 17.7 Å². The van der Waals surface area contributed by atoms with Crippen LogP contribution in [0.5, 0.6) is 0 Å². The van der Waals surface area contributed by atoms with Gasteiger partial charge >= 0.3 is 12.1 Å². The van der Waals surface area contributed by atoms with Gasteiger partial charge in [-0.1, -0.05) is 42.5 Å². The minimum atomic E-state index is -4.53. The molecule has 1 aliphatic heterocycles. The summed E-state index contributed by atoms with van der Waals surface area (Å²) in [6.45, 7) is 0.272. The molecule has 2 aromatic carbocycles. The van der Waals surface area contributed by atoms with Gasteiger partial charge in [-0.2, -0.15) is 13.2 Å². The maximum atomic E-state index is 13.7. The number of esters is 1. The Kier molecular flexibility index (Phi) is 6.90. The Hall–Kier alpha value is -4.18. The van der Waals surface area contributed by atoms with Gasteiger partial charge in [-0.15, -0.1) is 0 Å². The van der Waals surface area contributed by atoms with E-state index in [9.17, 15) is 23.1 Å². The van der Waals surface area contributed by atoms with Crippen molar-refractivity contribution < 1.29 is 27.8 Å². The van der Waals surface area contributed by atoms with E-state index in [0.29, 0.717) is 34.8 Å². The van der Waals surface area contributed by atoms with E-state index in [4.69, 9.17) is 15.5 Å². The smallest absolute Gasteiger partial charge is 0.416 e. The zero-order valence-corrected chi connectivity index (χ0v) is 20.2. The molecule has 7 nitrogen and oxygen atoms in total. The Morgan fingerprint density at radius 1 is 1.03 bits per heavy atom. The number of benzene rings is 2. The van der Waals surface area contributed by atoms with Gasteiger partial charge in [0.05, 0.1) is 29.5 Å². The molecule has 0 amide bonds. The van der Waals surface area contributed by atoms with Crippen molar-refractivity contribution in [3.05, 3.63) is 78.5 Å². The number of aliphatic hydroxyl groups excluding tert-OH is 1. The predicted molar refractivity (Wildman–Crippen MR) is 135 cm³/mol. The molecule has 38 heavy (non-hydrogen) atoms. The SMILES string of the molecule is Nc1cc(-c2nc(-c3ccccc3)n(CC[C@@H]3C[C@@H](O)CC(=O)O3)c2-c2cccc(C(F)(F)F)c2)ccn1. The number of ether oxygens (including phenoxy) is 1. The van der Waals surface area contributed by atoms with Gasteiger partial charge in [-0.3, -0.25) is 4.79 Å². The molecule has 4 aromatic rings. The number of halogens is 3. The van der Waals surface area contributed by atoms with Crippen LogP contribution in [0.25, 0.3) is 33.9 Å². The minimum absolute atomic E-state index is 0.0556. The van der Waals surface area contributed by atoms with Gasteiger partial charge in [0.15, 0.2) is 0 Å². The molecule has 196 valence electrons. The van der Waals surface area contributed by atoms with Crippen LogP contribution in [0.4, 0.5) is 19.0 Å². The summed E-state index contributed by atoms with van der Waals surface area (Å²) in [5.41, 5.74) is 7.73. The molecule has 5 rings (SSSR count). The number of hydrogen-bond donors (Lipinski definition) is 2. The summed E-state index contributed by atoms with van der Waals surface area (Å²) in [5, 5.41) is 10.1.